The van der Waals surface area contributed by atoms with E-state index in [-0.39, 0.29) is 0 Å². The molecule has 0 amide bonds. The topological polar surface area (TPSA) is 29.9 Å². The molecule has 0 saturated heterocycles. The summed E-state index contributed by atoms with van der Waals surface area (Å²) in [7, 11) is 0. The van der Waals surface area contributed by atoms with Crippen molar-refractivity contribution >= 4 is 0 Å². The fourth-order valence-electron chi connectivity index (χ4n) is 2.38. The fourth-order valence-corrected chi connectivity index (χ4v) is 2.38. The quantitative estimate of drug-likeness (QED) is 0.869. The molecule has 0 aliphatic carbocycles. The van der Waals surface area contributed by atoms with Gasteiger partial charge in [0.05, 0.1) is 11.9 Å². The summed E-state index contributed by atoms with van der Waals surface area (Å²) in [5.41, 5.74) is 5.09. The first-order valence-electron chi connectivity index (χ1n) is 7.48. The van der Waals surface area contributed by atoms with Gasteiger partial charge in [-0.2, -0.15) is 5.10 Å². The Kier molecular flexibility index (Phi) is 4.96. The van der Waals surface area contributed by atoms with Gasteiger partial charge in [0.25, 0.3) is 0 Å². The maximum absolute atomic E-state index is 4.62. The number of para-hydroxylation sites is 1. The Balaban J connectivity index is 2.36. The molecule has 3 heteroatoms. The standard InChI is InChI=1S/C17H25N3/c1-5-8-17-15(11-18-13(2)3)12-19-20(17)16-10-7-6-9-14(16)4/h6-7,9-10,12-13,18H,5,8,11H2,1-4H3. The monoisotopic (exact) mass is 271 g/mol. The van der Waals surface area contributed by atoms with Gasteiger partial charge in [0.15, 0.2) is 0 Å². The molecule has 1 N–H and O–H groups in total. The van der Waals surface area contributed by atoms with Crippen LogP contribution >= 0.6 is 0 Å². The van der Waals surface area contributed by atoms with Crippen molar-refractivity contribution in [3.05, 3.63) is 47.3 Å². The molecule has 0 aliphatic heterocycles. The van der Waals surface area contributed by atoms with Crippen molar-refractivity contribution in [2.45, 2.75) is 53.1 Å². The minimum atomic E-state index is 0.492. The predicted molar refractivity (Wildman–Crippen MR) is 84.3 cm³/mol. The third kappa shape index (κ3) is 3.28. The van der Waals surface area contributed by atoms with Gasteiger partial charge in [0.1, 0.15) is 0 Å². The van der Waals surface area contributed by atoms with Crippen molar-refractivity contribution in [1.29, 1.82) is 0 Å². The van der Waals surface area contributed by atoms with Gasteiger partial charge in [-0.3, -0.25) is 0 Å². The smallest absolute Gasteiger partial charge is 0.0678 e. The average Bonchev–Trinajstić information content (AvgIpc) is 2.80. The second kappa shape index (κ2) is 6.71. The molecule has 0 unspecified atom stereocenters. The summed E-state index contributed by atoms with van der Waals surface area (Å²) in [6.07, 6.45) is 4.20. The molecule has 0 bridgehead atoms. The van der Waals surface area contributed by atoms with Gasteiger partial charge in [-0.05, 0) is 25.0 Å². The van der Waals surface area contributed by atoms with Crippen LogP contribution in [0, 0.1) is 6.92 Å². The molecule has 2 rings (SSSR count). The molecule has 0 saturated carbocycles. The molecule has 0 radical (unpaired) electrons. The highest BCUT2D eigenvalue weighted by atomic mass is 15.3. The van der Waals surface area contributed by atoms with Gasteiger partial charge in [-0.1, -0.05) is 45.4 Å². The van der Waals surface area contributed by atoms with Crippen LogP contribution in [0.3, 0.4) is 0 Å². The summed E-state index contributed by atoms with van der Waals surface area (Å²) >= 11 is 0. The van der Waals surface area contributed by atoms with Crippen LogP contribution < -0.4 is 5.32 Å². The number of aryl methyl sites for hydroxylation is 1. The number of nitrogens with one attached hydrogen (secondary N) is 1. The first-order valence-corrected chi connectivity index (χ1v) is 7.48. The van der Waals surface area contributed by atoms with Crippen LogP contribution in [0.15, 0.2) is 30.5 Å². The summed E-state index contributed by atoms with van der Waals surface area (Å²) < 4.78 is 2.11. The predicted octanol–water partition coefficient (Wildman–Crippen LogP) is 3.63. The van der Waals surface area contributed by atoms with Crippen LogP contribution in [0.2, 0.25) is 0 Å². The molecule has 0 aliphatic rings. The van der Waals surface area contributed by atoms with Gasteiger partial charge in [0.2, 0.25) is 0 Å². The Morgan fingerprint density at radius 2 is 2.00 bits per heavy atom. The Bertz CT molecular complexity index is 555. The zero-order chi connectivity index (χ0) is 14.5. The van der Waals surface area contributed by atoms with Crippen molar-refractivity contribution in [3.8, 4) is 5.69 Å². The van der Waals surface area contributed by atoms with E-state index in [1.165, 1.54) is 22.5 Å². The Labute approximate surface area is 122 Å². The lowest BCUT2D eigenvalue weighted by molar-refractivity contribution is 0.585. The minimum Gasteiger partial charge on any atom is -0.310 e. The number of hydrogen-bond acceptors (Lipinski definition) is 2. The van der Waals surface area contributed by atoms with Crippen LogP contribution in [-0.4, -0.2) is 15.8 Å². The van der Waals surface area contributed by atoms with Crippen LogP contribution in [0.25, 0.3) is 5.69 Å². The van der Waals surface area contributed by atoms with E-state index in [2.05, 4.69) is 67.1 Å². The zero-order valence-corrected chi connectivity index (χ0v) is 13.0. The molecular formula is C17H25N3. The number of aromatic nitrogens is 2. The molecular weight excluding hydrogens is 246 g/mol. The molecule has 0 spiro atoms. The highest BCUT2D eigenvalue weighted by Crippen LogP contribution is 2.19. The van der Waals surface area contributed by atoms with Gasteiger partial charge in [0, 0.05) is 23.8 Å². The lowest BCUT2D eigenvalue weighted by atomic mass is 10.1. The largest absolute Gasteiger partial charge is 0.310 e. The molecule has 0 fully saturated rings. The molecule has 1 aromatic heterocycles. The van der Waals surface area contributed by atoms with Crippen molar-refractivity contribution < 1.29 is 0 Å². The zero-order valence-electron chi connectivity index (χ0n) is 13.0. The number of rotatable bonds is 6. The van der Waals surface area contributed by atoms with Gasteiger partial charge in [-0.15, -0.1) is 0 Å². The van der Waals surface area contributed by atoms with E-state index in [0.717, 1.165) is 19.4 Å². The number of hydrogen-bond donors (Lipinski definition) is 1. The normalized spacial score (nSPS) is 11.2. The maximum atomic E-state index is 4.62. The van der Waals surface area contributed by atoms with E-state index in [0.29, 0.717) is 6.04 Å². The van der Waals surface area contributed by atoms with Crippen molar-refractivity contribution in [2.75, 3.05) is 0 Å². The van der Waals surface area contributed by atoms with Crippen LogP contribution in [-0.2, 0) is 13.0 Å². The molecule has 0 atom stereocenters. The van der Waals surface area contributed by atoms with Crippen LogP contribution in [0.4, 0.5) is 0 Å². The fraction of sp³-hybridized carbons (Fsp3) is 0.471. The van der Waals surface area contributed by atoms with E-state index in [1.54, 1.807) is 0 Å². The average molecular weight is 271 g/mol. The minimum absolute atomic E-state index is 0.492. The Morgan fingerprint density at radius 1 is 1.25 bits per heavy atom. The van der Waals surface area contributed by atoms with E-state index in [9.17, 15) is 0 Å². The number of benzene rings is 1. The first kappa shape index (κ1) is 14.8. The van der Waals surface area contributed by atoms with E-state index < -0.39 is 0 Å². The highest BCUT2D eigenvalue weighted by Gasteiger charge is 2.12. The van der Waals surface area contributed by atoms with Crippen LogP contribution in [0.1, 0.15) is 44.0 Å². The summed E-state index contributed by atoms with van der Waals surface area (Å²) in [4.78, 5) is 0. The molecule has 2 aromatic rings. The second-order valence-electron chi connectivity index (χ2n) is 5.60. The third-order valence-electron chi connectivity index (χ3n) is 3.49. The molecule has 20 heavy (non-hydrogen) atoms. The van der Waals surface area contributed by atoms with Crippen molar-refractivity contribution in [2.24, 2.45) is 0 Å². The lowest BCUT2D eigenvalue weighted by Gasteiger charge is -2.12. The van der Waals surface area contributed by atoms with Gasteiger partial charge >= 0.3 is 0 Å². The summed E-state index contributed by atoms with van der Waals surface area (Å²) in [5, 5.41) is 8.11. The molecule has 1 heterocycles. The van der Waals surface area contributed by atoms with E-state index >= 15 is 0 Å². The van der Waals surface area contributed by atoms with E-state index in [4.69, 9.17) is 0 Å². The second-order valence-corrected chi connectivity index (χ2v) is 5.60. The molecule has 1 aromatic carbocycles. The van der Waals surface area contributed by atoms with Gasteiger partial charge in [-0.25, -0.2) is 4.68 Å². The summed E-state index contributed by atoms with van der Waals surface area (Å²) in [6, 6.07) is 8.92. The highest BCUT2D eigenvalue weighted by molar-refractivity contribution is 5.41. The van der Waals surface area contributed by atoms with Crippen molar-refractivity contribution in [1.82, 2.24) is 15.1 Å². The third-order valence-corrected chi connectivity index (χ3v) is 3.49. The first-order chi connectivity index (χ1) is 9.63. The molecule has 108 valence electrons. The SMILES string of the molecule is CCCc1c(CNC(C)C)cnn1-c1ccccc1C. The lowest BCUT2D eigenvalue weighted by Crippen LogP contribution is -2.22. The van der Waals surface area contributed by atoms with E-state index in [1.807, 2.05) is 6.20 Å². The summed E-state index contributed by atoms with van der Waals surface area (Å²) in [6.45, 7) is 9.59. The van der Waals surface area contributed by atoms with Crippen molar-refractivity contribution in [3.63, 3.8) is 0 Å². The number of nitrogens with zero attached hydrogens (tertiary/aromatic N) is 2. The maximum Gasteiger partial charge on any atom is 0.0678 e. The Morgan fingerprint density at radius 3 is 2.65 bits per heavy atom. The molecule has 3 nitrogen and oxygen atoms in total. The Hall–Kier alpha value is -1.61. The van der Waals surface area contributed by atoms with Gasteiger partial charge < -0.3 is 5.32 Å². The summed E-state index contributed by atoms with van der Waals surface area (Å²) in [5.74, 6) is 0. The van der Waals surface area contributed by atoms with Crippen LogP contribution in [0.5, 0.6) is 0 Å².